The lowest BCUT2D eigenvalue weighted by atomic mass is 10.1. The van der Waals surface area contributed by atoms with Gasteiger partial charge >= 0.3 is 5.97 Å². The second-order valence-corrected chi connectivity index (χ2v) is 8.97. The summed E-state index contributed by atoms with van der Waals surface area (Å²) in [4.78, 5) is 29.2. The minimum atomic E-state index is -0.603. The number of carbonyl (C=O) groups excluding carboxylic acids is 2. The molecule has 0 saturated carbocycles. The number of hydrogen-bond acceptors (Lipinski definition) is 6. The molecule has 0 atom stereocenters. The normalized spacial score (nSPS) is 14.0. The Labute approximate surface area is 220 Å². The van der Waals surface area contributed by atoms with E-state index in [9.17, 15) is 9.59 Å². The average molecular weight is 575 g/mol. The number of halogens is 3. The zero-order chi connectivity index (χ0) is 24.9. The van der Waals surface area contributed by atoms with E-state index in [1.54, 1.807) is 60.7 Å². The van der Waals surface area contributed by atoms with Gasteiger partial charge in [0.05, 0.1) is 21.1 Å². The average Bonchev–Trinajstić information content (AvgIpc) is 3.21. The first-order valence-corrected chi connectivity index (χ1v) is 12.1. The number of nitrogens with zero attached hydrogens (tertiary/aromatic N) is 1. The molecule has 4 rings (SSSR count). The van der Waals surface area contributed by atoms with Crippen LogP contribution in [0.2, 0.25) is 10.0 Å². The minimum absolute atomic E-state index is 0.105. The standard InChI is InChI=1S/C26H18BrCl2NO5/c1-2-33-23-12-15(10-18(27)24(23)34-14-22(31)16-6-4-3-5-7-16)11-21-26(32)35-25(30-21)17-8-9-19(28)20(29)13-17/h3-13H,2,14H2,1H3/b21-11-. The summed E-state index contributed by atoms with van der Waals surface area (Å²) in [5, 5.41) is 0.712. The second-order valence-electron chi connectivity index (χ2n) is 7.31. The molecule has 9 heteroatoms. The Balaban J connectivity index is 1.59. The van der Waals surface area contributed by atoms with E-state index in [0.717, 1.165) is 0 Å². The molecule has 0 aliphatic carbocycles. The summed E-state index contributed by atoms with van der Waals surface area (Å²) in [6.45, 7) is 2.05. The number of ether oxygens (including phenoxy) is 3. The van der Waals surface area contributed by atoms with Crippen LogP contribution >= 0.6 is 39.1 Å². The van der Waals surface area contributed by atoms with Gasteiger partial charge in [-0.3, -0.25) is 4.79 Å². The summed E-state index contributed by atoms with van der Waals surface area (Å²) in [6, 6.07) is 17.2. The molecule has 0 N–H and O–H groups in total. The molecule has 0 saturated heterocycles. The van der Waals surface area contributed by atoms with Gasteiger partial charge in [-0.1, -0.05) is 53.5 Å². The Morgan fingerprint density at radius 3 is 2.54 bits per heavy atom. The highest BCUT2D eigenvalue weighted by atomic mass is 79.9. The first kappa shape index (κ1) is 25.0. The maximum atomic E-state index is 12.4. The number of hydrogen-bond donors (Lipinski definition) is 0. The van der Waals surface area contributed by atoms with Crippen molar-refractivity contribution >= 4 is 62.9 Å². The summed E-state index contributed by atoms with van der Waals surface area (Å²) in [6.07, 6.45) is 1.57. The summed E-state index contributed by atoms with van der Waals surface area (Å²) in [5.41, 5.74) is 1.80. The summed E-state index contributed by atoms with van der Waals surface area (Å²) in [7, 11) is 0. The maximum Gasteiger partial charge on any atom is 0.363 e. The van der Waals surface area contributed by atoms with E-state index in [2.05, 4.69) is 20.9 Å². The minimum Gasteiger partial charge on any atom is -0.490 e. The van der Waals surface area contributed by atoms with Gasteiger partial charge in [0.1, 0.15) is 0 Å². The molecule has 0 aromatic heterocycles. The number of benzene rings is 3. The lowest BCUT2D eigenvalue weighted by Crippen LogP contribution is -2.12. The van der Waals surface area contributed by atoms with E-state index in [1.165, 1.54) is 0 Å². The monoisotopic (exact) mass is 573 g/mol. The van der Waals surface area contributed by atoms with E-state index in [1.807, 2.05) is 13.0 Å². The number of aliphatic imine (C=N–C) groups is 1. The third-order valence-electron chi connectivity index (χ3n) is 4.87. The molecule has 0 spiro atoms. The molecule has 1 aliphatic rings. The van der Waals surface area contributed by atoms with Gasteiger partial charge in [-0.25, -0.2) is 9.79 Å². The van der Waals surface area contributed by atoms with Crippen molar-refractivity contribution in [3.05, 3.63) is 97.6 Å². The predicted molar refractivity (Wildman–Crippen MR) is 139 cm³/mol. The van der Waals surface area contributed by atoms with Gasteiger partial charge in [-0.15, -0.1) is 0 Å². The molecule has 0 amide bonds. The smallest absolute Gasteiger partial charge is 0.363 e. The summed E-state index contributed by atoms with van der Waals surface area (Å²) >= 11 is 15.5. The second kappa shape index (κ2) is 11.1. The third-order valence-corrected chi connectivity index (χ3v) is 6.19. The topological polar surface area (TPSA) is 74.2 Å². The summed E-state index contributed by atoms with van der Waals surface area (Å²) in [5.74, 6) is 0.156. The molecular weight excluding hydrogens is 557 g/mol. The Hall–Kier alpha value is -3.13. The predicted octanol–water partition coefficient (Wildman–Crippen LogP) is 6.76. The highest BCUT2D eigenvalue weighted by molar-refractivity contribution is 9.10. The van der Waals surface area contributed by atoms with Crippen molar-refractivity contribution in [1.82, 2.24) is 0 Å². The molecule has 3 aromatic carbocycles. The summed E-state index contributed by atoms with van der Waals surface area (Å²) < 4.78 is 17.4. The van der Waals surface area contributed by atoms with Crippen LogP contribution in [0.1, 0.15) is 28.4 Å². The first-order valence-electron chi connectivity index (χ1n) is 10.5. The molecule has 6 nitrogen and oxygen atoms in total. The fourth-order valence-electron chi connectivity index (χ4n) is 3.24. The number of rotatable bonds is 8. The van der Waals surface area contributed by atoms with Crippen LogP contribution in [0.15, 0.2) is 75.8 Å². The van der Waals surface area contributed by atoms with Crippen LogP contribution in [0, 0.1) is 0 Å². The van der Waals surface area contributed by atoms with Crippen molar-refractivity contribution in [2.45, 2.75) is 6.92 Å². The van der Waals surface area contributed by atoms with Gasteiger partial charge in [0, 0.05) is 11.1 Å². The molecule has 178 valence electrons. The van der Waals surface area contributed by atoms with Crippen LogP contribution < -0.4 is 9.47 Å². The first-order chi connectivity index (χ1) is 16.9. The molecule has 1 heterocycles. The Morgan fingerprint density at radius 1 is 1.06 bits per heavy atom. The van der Waals surface area contributed by atoms with Crippen molar-refractivity contribution in [1.29, 1.82) is 0 Å². The van der Waals surface area contributed by atoms with Gasteiger partial charge in [0.2, 0.25) is 5.90 Å². The van der Waals surface area contributed by atoms with Gasteiger partial charge < -0.3 is 14.2 Å². The van der Waals surface area contributed by atoms with Gasteiger partial charge in [-0.05, 0) is 64.8 Å². The Bertz CT molecular complexity index is 1360. The van der Waals surface area contributed by atoms with Crippen LogP contribution in [0.4, 0.5) is 0 Å². The van der Waals surface area contributed by atoms with E-state index in [0.29, 0.717) is 49.3 Å². The quantitative estimate of drug-likeness (QED) is 0.169. The number of esters is 1. The van der Waals surface area contributed by atoms with Crippen molar-refractivity contribution in [3.63, 3.8) is 0 Å². The molecule has 0 radical (unpaired) electrons. The van der Waals surface area contributed by atoms with Crippen LogP contribution in [0.25, 0.3) is 6.08 Å². The van der Waals surface area contributed by atoms with E-state index >= 15 is 0 Å². The van der Waals surface area contributed by atoms with Gasteiger partial charge in [0.15, 0.2) is 29.6 Å². The highest BCUT2D eigenvalue weighted by Crippen LogP contribution is 2.38. The van der Waals surface area contributed by atoms with E-state index in [4.69, 9.17) is 37.4 Å². The largest absolute Gasteiger partial charge is 0.490 e. The van der Waals surface area contributed by atoms with Gasteiger partial charge in [-0.2, -0.15) is 0 Å². The zero-order valence-corrected chi connectivity index (χ0v) is 21.5. The molecule has 0 unspecified atom stereocenters. The zero-order valence-electron chi connectivity index (χ0n) is 18.4. The number of cyclic esters (lactones) is 1. The van der Waals surface area contributed by atoms with Crippen LogP contribution in [0.5, 0.6) is 11.5 Å². The van der Waals surface area contributed by atoms with E-state index < -0.39 is 5.97 Å². The van der Waals surface area contributed by atoms with Crippen LogP contribution in [-0.2, 0) is 9.53 Å². The molecule has 0 bridgehead atoms. The van der Waals surface area contributed by atoms with Crippen LogP contribution in [0.3, 0.4) is 0 Å². The Kier molecular flexibility index (Phi) is 7.90. The molecule has 35 heavy (non-hydrogen) atoms. The van der Waals surface area contributed by atoms with Gasteiger partial charge in [0.25, 0.3) is 0 Å². The van der Waals surface area contributed by atoms with Crippen molar-refractivity contribution in [2.24, 2.45) is 4.99 Å². The molecular formula is C26H18BrCl2NO5. The third kappa shape index (κ3) is 5.93. The SMILES string of the molecule is CCOc1cc(/C=C2\N=C(c3ccc(Cl)c(Cl)c3)OC2=O)cc(Br)c1OCC(=O)c1ccccc1. The fourth-order valence-corrected chi connectivity index (χ4v) is 4.11. The van der Waals surface area contributed by atoms with Crippen molar-refractivity contribution in [2.75, 3.05) is 13.2 Å². The molecule has 3 aromatic rings. The molecule has 1 aliphatic heterocycles. The lowest BCUT2D eigenvalue weighted by molar-refractivity contribution is -0.129. The number of ketones is 1. The number of carbonyl (C=O) groups is 2. The highest BCUT2D eigenvalue weighted by Gasteiger charge is 2.25. The van der Waals surface area contributed by atoms with Crippen LogP contribution in [-0.4, -0.2) is 30.9 Å². The lowest BCUT2D eigenvalue weighted by Gasteiger charge is -2.14. The van der Waals surface area contributed by atoms with E-state index in [-0.39, 0.29) is 24.0 Å². The Morgan fingerprint density at radius 2 is 1.83 bits per heavy atom. The van der Waals surface area contributed by atoms with Crippen molar-refractivity contribution < 1.29 is 23.8 Å². The number of Topliss-reactive ketones (excluding diaryl/α,β-unsaturated/α-hetero) is 1. The maximum absolute atomic E-state index is 12.4. The molecule has 0 fully saturated rings. The fraction of sp³-hybridized carbons (Fsp3) is 0.115. The van der Waals surface area contributed by atoms with Crippen molar-refractivity contribution in [3.8, 4) is 11.5 Å².